The van der Waals surface area contributed by atoms with Crippen molar-refractivity contribution in [2.24, 2.45) is 11.7 Å². The van der Waals surface area contributed by atoms with E-state index in [1.165, 1.54) is 11.3 Å². The van der Waals surface area contributed by atoms with E-state index in [0.29, 0.717) is 36.1 Å². The summed E-state index contributed by atoms with van der Waals surface area (Å²) >= 11 is 1.48. The van der Waals surface area contributed by atoms with E-state index in [9.17, 15) is 9.59 Å². The Hall–Kier alpha value is -2.34. The number of hydrogen-bond acceptors (Lipinski definition) is 4. The fourth-order valence-corrected chi connectivity index (χ4v) is 4.58. The number of primary amides is 1. The van der Waals surface area contributed by atoms with Gasteiger partial charge in [-0.2, -0.15) is 0 Å². The smallest absolute Gasteiger partial charge is 0.267 e. The quantitative estimate of drug-likeness (QED) is 0.783. The fourth-order valence-electron chi connectivity index (χ4n) is 3.51. The number of carbonyl (C=O) groups excluding carboxylic acids is 2. The lowest BCUT2D eigenvalue weighted by molar-refractivity contribution is -0.118. The maximum Gasteiger partial charge on any atom is 0.267 e. The van der Waals surface area contributed by atoms with Gasteiger partial charge >= 0.3 is 0 Å². The van der Waals surface area contributed by atoms with Gasteiger partial charge in [-0.25, -0.2) is 0 Å². The summed E-state index contributed by atoms with van der Waals surface area (Å²) in [7, 11) is 0. The number of hydrogen-bond donors (Lipinski definition) is 1. The van der Waals surface area contributed by atoms with E-state index in [0.717, 1.165) is 36.2 Å². The van der Waals surface area contributed by atoms with Crippen molar-refractivity contribution in [2.75, 3.05) is 19.7 Å². The third kappa shape index (κ3) is 4.89. The van der Waals surface area contributed by atoms with Crippen LogP contribution in [0, 0.1) is 5.92 Å². The SMILES string of the molecule is CCOc1cc(-c2ccccc2)sc1C(=O)N1CCCC(CCC(N)=O)C1. The first-order chi connectivity index (χ1) is 13.1. The summed E-state index contributed by atoms with van der Waals surface area (Å²) in [6.07, 6.45) is 3.12. The standard InChI is InChI=1S/C21H26N2O3S/c1-2-26-17-13-18(16-8-4-3-5-9-16)27-20(17)21(25)23-12-6-7-15(14-23)10-11-19(22)24/h3-5,8-9,13,15H,2,6-7,10-12,14H2,1H3,(H2,22,24). The van der Waals surface area contributed by atoms with E-state index >= 15 is 0 Å². The molecule has 1 saturated heterocycles. The Balaban J connectivity index is 1.78. The molecule has 2 N–H and O–H groups in total. The Morgan fingerprint density at radius 1 is 1.30 bits per heavy atom. The maximum absolute atomic E-state index is 13.2. The molecular weight excluding hydrogens is 360 g/mol. The molecule has 6 heteroatoms. The molecule has 0 bridgehead atoms. The van der Waals surface area contributed by atoms with Gasteiger partial charge in [-0.1, -0.05) is 30.3 Å². The fraction of sp³-hybridized carbons (Fsp3) is 0.429. The molecule has 0 aliphatic carbocycles. The molecule has 0 saturated carbocycles. The van der Waals surface area contributed by atoms with E-state index in [1.54, 1.807) is 0 Å². The van der Waals surface area contributed by atoms with E-state index in [-0.39, 0.29) is 11.8 Å². The van der Waals surface area contributed by atoms with Gasteiger partial charge in [0.25, 0.3) is 5.91 Å². The normalized spacial score (nSPS) is 16.9. The first-order valence-electron chi connectivity index (χ1n) is 9.48. The Morgan fingerprint density at radius 2 is 2.07 bits per heavy atom. The van der Waals surface area contributed by atoms with Crippen LogP contribution in [0.1, 0.15) is 42.3 Å². The molecule has 2 amide bonds. The van der Waals surface area contributed by atoms with Crippen molar-refractivity contribution in [2.45, 2.75) is 32.6 Å². The van der Waals surface area contributed by atoms with Gasteiger partial charge < -0.3 is 15.4 Å². The Labute approximate surface area is 164 Å². The molecule has 1 aliphatic rings. The zero-order valence-corrected chi connectivity index (χ0v) is 16.5. The molecule has 1 aromatic heterocycles. The van der Waals surface area contributed by atoms with Crippen LogP contribution in [0.25, 0.3) is 10.4 Å². The molecular formula is C21H26N2O3S. The molecule has 144 valence electrons. The predicted molar refractivity (Wildman–Crippen MR) is 108 cm³/mol. The lowest BCUT2D eigenvalue weighted by atomic mass is 9.93. The highest BCUT2D eigenvalue weighted by Crippen LogP contribution is 2.37. The predicted octanol–water partition coefficient (Wildman–Crippen LogP) is 3.93. The van der Waals surface area contributed by atoms with Crippen LogP contribution in [0.15, 0.2) is 36.4 Å². The highest BCUT2D eigenvalue weighted by molar-refractivity contribution is 7.17. The number of likely N-dealkylation sites (tertiary alicyclic amines) is 1. The zero-order chi connectivity index (χ0) is 19.2. The van der Waals surface area contributed by atoms with Gasteiger partial charge in [0.15, 0.2) is 0 Å². The number of rotatable bonds is 7. The molecule has 5 nitrogen and oxygen atoms in total. The minimum Gasteiger partial charge on any atom is -0.492 e. The Morgan fingerprint density at radius 3 is 2.78 bits per heavy atom. The van der Waals surface area contributed by atoms with Crippen molar-refractivity contribution in [1.29, 1.82) is 0 Å². The van der Waals surface area contributed by atoms with E-state index in [1.807, 2.05) is 48.2 Å². The highest BCUT2D eigenvalue weighted by atomic mass is 32.1. The van der Waals surface area contributed by atoms with Gasteiger partial charge in [-0.3, -0.25) is 9.59 Å². The minimum absolute atomic E-state index is 0.0226. The molecule has 0 spiro atoms. The number of nitrogens with two attached hydrogens (primary N) is 1. The van der Waals surface area contributed by atoms with Gasteiger partial charge in [0.1, 0.15) is 10.6 Å². The van der Waals surface area contributed by atoms with Crippen molar-refractivity contribution < 1.29 is 14.3 Å². The van der Waals surface area contributed by atoms with Crippen LogP contribution in [0.4, 0.5) is 0 Å². The number of ether oxygens (including phenoxy) is 1. The number of nitrogens with zero attached hydrogens (tertiary/aromatic N) is 1. The number of thiophene rings is 1. The second-order valence-corrected chi connectivity index (χ2v) is 7.92. The molecule has 1 aliphatic heterocycles. The number of amides is 2. The second kappa shape index (κ2) is 9.04. The van der Waals surface area contributed by atoms with Crippen molar-refractivity contribution >= 4 is 23.2 Å². The lowest BCUT2D eigenvalue weighted by Gasteiger charge is -2.32. The van der Waals surface area contributed by atoms with Crippen molar-refractivity contribution in [3.05, 3.63) is 41.3 Å². The lowest BCUT2D eigenvalue weighted by Crippen LogP contribution is -2.40. The molecule has 27 heavy (non-hydrogen) atoms. The van der Waals surface area contributed by atoms with Crippen LogP contribution < -0.4 is 10.5 Å². The zero-order valence-electron chi connectivity index (χ0n) is 15.6. The molecule has 2 heterocycles. The molecule has 1 unspecified atom stereocenters. The minimum atomic E-state index is -0.275. The van der Waals surface area contributed by atoms with Gasteiger partial charge in [-0.05, 0) is 43.7 Å². The first kappa shape index (κ1) is 19.4. The summed E-state index contributed by atoms with van der Waals surface area (Å²) in [5.74, 6) is 0.738. The van der Waals surface area contributed by atoms with E-state index in [2.05, 4.69) is 0 Å². The summed E-state index contributed by atoms with van der Waals surface area (Å²) in [6, 6.07) is 12.0. The van der Waals surface area contributed by atoms with Crippen LogP contribution in [-0.4, -0.2) is 36.4 Å². The van der Waals surface area contributed by atoms with Gasteiger partial charge in [0.05, 0.1) is 6.61 Å². The monoisotopic (exact) mass is 386 g/mol. The van der Waals surface area contributed by atoms with Crippen molar-refractivity contribution in [1.82, 2.24) is 4.90 Å². The summed E-state index contributed by atoms with van der Waals surface area (Å²) in [5, 5.41) is 0. The summed E-state index contributed by atoms with van der Waals surface area (Å²) in [5.41, 5.74) is 6.36. The third-order valence-corrected chi connectivity index (χ3v) is 6.01. The van der Waals surface area contributed by atoms with Crippen molar-refractivity contribution in [3.63, 3.8) is 0 Å². The van der Waals surface area contributed by atoms with Gasteiger partial charge in [-0.15, -0.1) is 11.3 Å². The van der Waals surface area contributed by atoms with E-state index < -0.39 is 0 Å². The Bertz CT molecular complexity index is 788. The molecule has 0 radical (unpaired) electrons. The molecule has 1 atom stereocenters. The topological polar surface area (TPSA) is 72.6 Å². The maximum atomic E-state index is 13.2. The highest BCUT2D eigenvalue weighted by Gasteiger charge is 2.28. The average molecular weight is 387 g/mol. The summed E-state index contributed by atoms with van der Waals surface area (Å²) in [6.45, 7) is 3.87. The van der Waals surface area contributed by atoms with Crippen LogP contribution >= 0.6 is 11.3 Å². The van der Waals surface area contributed by atoms with Gasteiger partial charge in [0.2, 0.25) is 5.91 Å². The third-order valence-electron chi connectivity index (χ3n) is 4.86. The largest absolute Gasteiger partial charge is 0.492 e. The van der Waals surface area contributed by atoms with E-state index in [4.69, 9.17) is 10.5 Å². The summed E-state index contributed by atoms with van der Waals surface area (Å²) in [4.78, 5) is 27.8. The van der Waals surface area contributed by atoms with Crippen LogP contribution in [0.5, 0.6) is 5.75 Å². The number of benzene rings is 1. The summed E-state index contributed by atoms with van der Waals surface area (Å²) < 4.78 is 5.76. The molecule has 2 aromatic rings. The number of piperidine rings is 1. The second-order valence-electron chi connectivity index (χ2n) is 6.87. The first-order valence-corrected chi connectivity index (χ1v) is 10.3. The molecule has 3 rings (SSSR count). The van der Waals surface area contributed by atoms with Crippen LogP contribution in [0.3, 0.4) is 0 Å². The molecule has 1 fully saturated rings. The number of carbonyl (C=O) groups is 2. The van der Waals surface area contributed by atoms with Crippen LogP contribution in [0.2, 0.25) is 0 Å². The van der Waals surface area contributed by atoms with Gasteiger partial charge in [0, 0.05) is 24.4 Å². The molecule has 1 aromatic carbocycles. The average Bonchev–Trinajstić information content (AvgIpc) is 3.11. The Kier molecular flexibility index (Phi) is 6.50. The van der Waals surface area contributed by atoms with Crippen LogP contribution in [-0.2, 0) is 4.79 Å². The van der Waals surface area contributed by atoms with Crippen molar-refractivity contribution in [3.8, 4) is 16.2 Å².